The van der Waals surface area contributed by atoms with Crippen LogP contribution in [0.15, 0.2) is 30.3 Å². The Morgan fingerprint density at radius 3 is 2.34 bits per heavy atom. The number of phenolic OH excluding ortho intramolecular Hbond substituents is 1. The van der Waals surface area contributed by atoms with Gasteiger partial charge in [-0.05, 0) is 62.4 Å². The van der Waals surface area contributed by atoms with Crippen LogP contribution in [0.3, 0.4) is 0 Å². The van der Waals surface area contributed by atoms with E-state index >= 15 is 0 Å². The summed E-state index contributed by atoms with van der Waals surface area (Å²) < 4.78 is 76.6. The van der Waals surface area contributed by atoms with E-state index < -0.39 is 47.8 Å². The molecule has 3 aromatic rings. The van der Waals surface area contributed by atoms with Gasteiger partial charge in [-0.2, -0.15) is 0 Å². The molecule has 2 aromatic carbocycles. The van der Waals surface area contributed by atoms with E-state index in [1.165, 1.54) is 6.92 Å². The van der Waals surface area contributed by atoms with Crippen LogP contribution in [0.1, 0.15) is 47.3 Å². The summed E-state index contributed by atoms with van der Waals surface area (Å²) in [6.45, 7) is 1.41. The smallest absolute Gasteiger partial charge is 0.503 e. The van der Waals surface area contributed by atoms with E-state index in [1.807, 2.05) is 0 Å². The minimum atomic E-state index is -4.92. The van der Waals surface area contributed by atoms with Crippen LogP contribution >= 0.6 is 0 Å². The molecule has 1 N–H and O–H groups in total. The van der Waals surface area contributed by atoms with Gasteiger partial charge in [0.1, 0.15) is 11.9 Å². The van der Waals surface area contributed by atoms with Crippen LogP contribution < -0.4 is 4.74 Å². The standard InChI is InChI=1S/C24H20F5NO5/c1-12-16(10-19(31)34-14-4-2-3-5-14)20-18(11-17(25)22(32)21(20)26)30(12)23(33)13-6-8-15(9-7-13)35-24(27,28)29/h6-9,11,14,32H,2-5,10H2,1H3. The third-order valence-electron chi connectivity index (χ3n) is 5.95. The van der Waals surface area contributed by atoms with Gasteiger partial charge in [0.05, 0.1) is 11.9 Å². The van der Waals surface area contributed by atoms with Gasteiger partial charge in [0.25, 0.3) is 5.91 Å². The van der Waals surface area contributed by atoms with Gasteiger partial charge < -0.3 is 14.6 Å². The van der Waals surface area contributed by atoms with Gasteiger partial charge in [0.15, 0.2) is 17.4 Å². The molecule has 6 nitrogen and oxygen atoms in total. The molecule has 186 valence electrons. The Balaban J connectivity index is 1.75. The van der Waals surface area contributed by atoms with E-state index in [-0.39, 0.29) is 33.8 Å². The van der Waals surface area contributed by atoms with Crippen LogP contribution in [0.2, 0.25) is 0 Å². The molecule has 4 rings (SSSR count). The summed E-state index contributed by atoms with van der Waals surface area (Å²) in [7, 11) is 0. The lowest BCUT2D eigenvalue weighted by molar-refractivity contribution is -0.274. The molecule has 1 saturated carbocycles. The molecule has 0 radical (unpaired) electrons. The Kier molecular flexibility index (Phi) is 6.44. The zero-order chi connectivity index (χ0) is 25.5. The molecule has 0 aliphatic heterocycles. The fourth-order valence-corrected chi connectivity index (χ4v) is 4.34. The number of hydrogen-bond acceptors (Lipinski definition) is 5. The lowest BCUT2D eigenvalue weighted by Crippen LogP contribution is -2.18. The van der Waals surface area contributed by atoms with Crippen molar-refractivity contribution in [1.29, 1.82) is 0 Å². The number of ether oxygens (including phenoxy) is 2. The average molecular weight is 497 g/mol. The van der Waals surface area contributed by atoms with Crippen molar-refractivity contribution in [2.24, 2.45) is 0 Å². The minimum absolute atomic E-state index is 0.0289. The van der Waals surface area contributed by atoms with Crippen molar-refractivity contribution in [1.82, 2.24) is 4.57 Å². The molecule has 0 atom stereocenters. The van der Waals surface area contributed by atoms with E-state index in [1.54, 1.807) is 0 Å². The Morgan fingerprint density at radius 2 is 1.74 bits per heavy atom. The molecule has 0 saturated heterocycles. The number of nitrogens with zero attached hydrogens (tertiary/aromatic N) is 1. The fraction of sp³-hybridized carbons (Fsp3) is 0.333. The van der Waals surface area contributed by atoms with E-state index in [2.05, 4.69) is 4.74 Å². The fourth-order valence-electron chi connectivity index (χ4n) is 4.34. The number of hydrogen-bond donors (Lipinski definition) is 1. The Morgan fingerprint density at radius 1 is 1.11 bits per heavy atom. The summed E-state index contributed by atoms with van der Waals surface area (Å²) in [5, 5.41) is 9.48. The summed E-state index contributed by atoms with van der Waals surface area (Å²) in [4.78, 5) is 25.8. The largest absolute Gasteiger partial charge is 0.573 e. The van der Waals surface area contributed by atoms with Crippen molar-refractivity contribution in [3.05, 3.63) is 58.8 Å². The molecule has 1 aliphatic carbocycles. The molecular formula is C24H20F5NO5. The molecule has 35 heavy (non-hydrogen) atoms. The monoisotopic (exact) mass is 497 g/mol. The Bertz CT molecular complexity index is 1290. The summed E-state index contributed by atoms with van der Waals surface area (Å²) in [6, 6.07) is 4.74. The van der Waals surface area contributed by atoms with E-state index in [9.17, 15) is 36.6 Å². The lowest BCUT2D eigenvalue weighted by atomic mass is 10.1. The van der Waals surface area contributed by atoms with Crippen molar-refractivity contribution >= 4 is 22.8 Å². The van der Waals surface area contributed by atoms with Crippen LogP contribution in [0.4, 0.5) is 22.0 Å². The number of carbonyl (C=O) groups excluding carboxylic acids is 2. The number of phenols is 1. The molecule has 0 bridgehead atoms. The number of rotatable bonds is 5. The van der Waals surface area contributed by atoms with Crippen LogP contribution in [0.25, 0.3) is 10.9 Å². The van der Waals surface area contributed by atoms with Crippen LogP contribution in [0, 0.1) is 18.6 Å². The Hall–Kier alpha value is -3.63. The number of carbonyl (C=O) groups is 2. The number of aromatic nitrogens is 1. The molecule has 1 aromatic heterocycles. The first-order chi connectivity index (χ1) is 16.5. The highest BCUT2D eigenvalue weighted by Gasteiger charge is 2.31. The number of aromatic hydroxyl groups is 1. The number of benzene rings is 2. The molecule has 0 amide bonds. The predicted molar refractivity (Wildman–Crippen MR) is 113 cm³/mol. The second kappa shape index (κ2) is 9.20. The summed E-state index contributed by atoms with van der Waals surface area (Å²) in [5.41, 5.74) is -0.234. The molecule has 1 aliphatic rings. The second-order valence-electron chi connectivity index (χ2n) is 8.26. The lowest BCUT2D eigenvalue weighted by Gasteiger charge is -2.12. The van der Waals surface area contributed by atoms with Crippen LogP contribution in [-0.2, 0) is 16.0 Å². The maximum absolute atomic E-state index is 15.0. The summed E-state index contributed by atoms with van der Waals surface area (Å²) in [5.74, 6) is -5.96. The normalized spacial score (nSPS) is 14.5. The molecule has 11 heteroatoms. The topological polar surface area (TPSA) is 77.8 Å². The molecule has 1 heterocycles. The third-order valence-corrected chi connectivity index (χ3v) is 5.95. The highest BCUT2D eigenvalue weighted by atomic mass is 19.4. The van der Waals surface area contributed by atoms with Gasteiger partial charge in [-0.15, -0.1) is 13.2 Å². The van der Waals surface area contributed by atoms with E-state index in [0.717, 1.165) is 47.7 Å². The molecular weight excluding hydrogens is 477 g/mol. The number of fused-ring (bicyclic) bond motifs is 1. The van der Waals surface area contributed by atoms with Crippen molar-refractivity contribution in [3.8, 4) is 11.5 Å². The van der Waals surface area contributed by atoms with Gasteiger partial charge in [0, 0.05) is 22.7 Å². The van der Waals surface area contributed by atoms with Crippen molar-refractivity contribution in [3.63, 3.8) is 0 Å². The molecule has 0 unspecified atom stereocenters. The maximum atomic E-state index is 15.0. The third kappa shape index (κ3) is 4.94. The van der Waals surface area contributed by atoms with Crippen LogP contribution in [-0.4, -0.2) is 34.0 Å². The number of esters is 1. The zero-order valence-corrected chi connectivity index (χ0v) is 18.4. The highest BCUT2D eigenvalue weighted by molar-refractivity contribution is 6.05. The summed E-state index contributed by atoms with van der Waals surface area (Å²) in [6.07, 6.45) is -2.36. The van der Waals surface area contributed by atoms with Crippen molar-refractivity contribution in [2.45, 2.75) is 51.5 Å². The highest BCUT2D eigenvalue weighted by Crippen LogP contribution is 2.36. The maximum Gasteiger partial charge on any atom is 0.573 e. The van der Waals surface area contributed by atoms with Gasteiger partial charge in [-0.25, -0.2) is 8.78 Å². The summed E-state index contributed by atoms with van der Waals surface area (Å²) >= 11 is 0. The van der Waals surface area contributed by atoms with Gasteiger partial charge in [0.2, 0.25) is 0 Å². The second-order valence-corrected chi connectivity index (χ2v) is 8.26. The first-order valence-electron chi connectivity index (χ1n) is 10.8. The first kappa shape index (κ1) is 24.5. The predicted octanol–water partition coefficient (Wildman–Crippen LogP) is 5.55. The molecule has 1 fully saturated rings. The first-order valence-corrected chi connectivity index (χ1v) is 10.8. The van der Waals surface area contributed by atoms with Gasteiger partial charge >= 0.3 is 12.3 Å². The SMILES string of the molecule is Cc1c(CC(=O)OC2CCCC2)c2c(F)c(O)c(F)cc2n1C(=O)c1ccc(OC(F)(F)F)cc1. The van der Waals surface area contributed by atoms with E-state index in [4.69, 9.17) is 4.74 Å². The molecule has 0 spiro atoms. The van der Waals surface area contributed by atoms with Gasteiger partial charge in [-0.3, -0.25) is 14.2 Å². The van der Waals surface area contributed by atoms with Crippen molar-refractivity contribution in [2.75, 3.05) is 0 Å². The zero-order valence-electron chi connectivity index (χ0n) is 18.4. The number of halogens is 5. The van der Waals surface area contributed by atoms with E-state index in [0.29, 0.717) is 12.8 Å². The van der Waals surface area contributed by atoms with Crippen molar-refractivity contribution < 1.29 is 46.1 Å². The number of alkyl halides is 3. The average Bonchev–Trinajstić information content (AvgIpc) is 3.37. The Labute approximate surface area is 195 Å². The van der Waals surface area contributed by atoms with Gasteiger partial charge in [-0.1, -0.05) is 0 Å². The minimum Gasteiger partial charge on any atom is -0.503 e. The quantitative estimate of drug-likeness (QED) is 0.370. The van der Waals surface area contributed by atoms with Crippen LogP contribution in [0.5, 0.6) is 11.5 Å².